The van der Waals surface area contributed by atoms with E-state index in [9.17, 15) is 13.9 Å². The Morgan fingerprint density at radius 1 is 1.56 bits per heavy atom. The molecule has 0 aliphatic heterocycles. The molecule has 1 aromatic heterocycles. The summed E-state index contributed by atoms with van der Waals surface area (Å²) in [6.45, 7) is 4.67. The van der Waals surface area contributed by atoms with Gasteiger partial charge in [0.25, 0.3) is 5.16 Å². The van der Waals surface area contributed by atoms with E-state index in [0.29, 0.717) is 13.1 Å². The third-order valence-corrected chi connectivity index (χ3v) is 3.56. The van der Waals surface area contributed by atoms with E-state index in [0.717, 1.165) is 11.0 Å². The highest BCUT2D eigenvalue weighted by atomic mass is 32.3. The zero-order valence-electron chi connectivity index (χ0n) is 10.1. The zero-order chi connectivity index (χ0) is 13.8. The molecule has 1 heterocycles. The van der Waals surface area contributed by atoms with Crippen LogP contribution in [0.15, 0.2) is 11.5 Å². The van der Waals surface area contributed by atoms with Crippen LogP contribution in [0, 0.1) is 11.3 Å². The lowest BCUT2D eigenvalue weighted by Crippen LogP contribution is -2.34. The molecular weight excluding hydrogens is 258 g/mol. The Labute approximate surface area is 106 Å². The van der Waals surface area contributed by atoms with Gasteiger partial charge in [-0.25, -0.2) is 9.78 Å². The number of hydrogen-bond acceptors (Lipinski definition) is 6. The largest absolute Gasteiger partial charge is 0.346 e. The van der Waals surface area contributed by atoms with E-state index in [2.05, 4.69) is 10.1 Å². The number of aromatic nitrogens is 3. The van der Waals surface area contributed by atoms with Crippen LogP contribution in [0.4, 0.5) is 4.79 Å². The third-order valence-electron chi connectivity index (χ3n) is 2.26. The van der Waals surface area contributed by atoms with Crippen molar-refractivity contribution in [3.63, 3.8) is 0 Å². The average molecular weight is 273 g/mol. The topological polar surface area (TPSA) is 115 Å². The molecule has 1 rings (SSSR count). The molecule has 0 unspecified atom stereocenters. The summed E-state index contributed by atoms with van der Waals surface area (Å²) in [5, 5.41) is 11.9. The standard InChI is InChI=1S/C9H15N5O3S/c1-3-13(4-2)9(15)14-7-11-8(12-14)18(16,17)6-5-10/h7,16-17H,3-4,6H2,1-2H3. The molecule has 1 aromatic rings. The molecule has 100 valence electrons. The molecular formula is C9H15N5O3S. The van der Waals surface area contributed by atoms with E-state index < -0.39 is 22.4 Å². The van der Waals surface area contributed by atoms with Crippen LogP contribution in [0.25, 0.3) is 0 Å². The lowest BCUT2D eigenvalue weighted by Gasteiger charge is -2.24. The molecule has 0 spiro atoms. The molecule has 9 heteroatoms. The van der Waals surface area contributed by atoms with Gasteiger partial charge in [0.1, 0.15) is 12.1 Å². The Hall–Kier alpha value is -1.63. The predicted molar refractivity (Wildman–Crippen MR) is 65.3 cm³/mol. The summed E-state index contributed by atoms with van der Waals surface area (Å²) in [7, 11) is -3.34. The van der Waals surface area contributed by atoms with Crippen molar-refractivity contribution >= 4 is 16.6 Å². The molecule has 0 bridgehead atoms. The molecule has 0 radical (unpaired) electrons. The monoisotopic (exact) mass is 273 g/mol. The number of amides is 1. The highest BCUT2D eigenvalue weighted by Gasteiger charge is 2.23. The summed E-state index contributed by atoms with van der Waals surface area (Å²) in [5.74, 6) is -0.490. The molecule has 0 aliphatic carbocycles. The number of nitriles is 1. The molecule has 0 saturated carbocycles. The third kappa shape index (κ3) is 2.98. The molecule has 0 atom stereocenters. The van der Waals surface area contributed by atoms with Gasteiger partial charge in [-0.15, -0.1) is 15.7 Å². The lowest BCUT2D eigenvalue weighted by atomic mass is 10.5. The van der Waals surface area contributed by atoms with Gasteiger partial charge in [0.15, 0.2) is 0 Å². The summed E-state index contributed by atoms with van der Waals surface area (Å²) < 4.78 is 20.1. The van der Waals surface area contributed by atoms with Crippen molar-refractivity contribution in [3.05, 3.63) is 6.33 Å². The Morgan fingerprint density at radius 3 is 2.67 bits per heavy atom. The molecule has 0 aromatic carbocycles. The van der Waals surface area contributed by atoms with Crippen molar-refractivity contribution in [1.82, 2.24) is 19.7 Å². The molecule has 1 amide bonds. The van der Waals surface area contributed by atoms with Crippen LogP contribution in [0.1, 0.15) is 13.8 Å². The summed E-state index contributed by atoms with van der Waals surface area (Å²) >= 11 is 0. The predicted octanol–water partition coefficient (Wildman–Crippen LogP) is 1.22. The minimum Gasteiger partial charge on any atom is -0.323 e. The SMILES string of the molecule is CCN(CC)C(=O)n1cnc(S(O)(O)CC#N)n1. The second-order valence-corrected chi connectivity index (χ2v) is 5.38. The molecule has 2 N–H and O–H groups in total. The smallest absolute Gasteiger partial charge is 0.323 e. The maximum Gasteiger partial charge on any atom is 0.346 e. The van der Waals surface area contributed by atoms with Gasteiger partial charge in [-0.3, -0.25) is 9.11 Å². The van der Waals surface area contributed by atoms with Gasteiger partial charge in [0.05, 0.1) is 6.07 Å². The molecule has 8 nitrogen and oxygen atoms in total. The number of carbonyl (C=O) groups excluding carboxylic acids is 1. The Morgan fingerprint density at radius 2 is 2.17 bits per heavy atom. The van der Waals surface area contributed by atoms with Gasteiger partial charge < -0.3 is 4.90 Å². The zero-order valence-corrected chi connectivity index (χ0v) is 11.0. The van der Waals surface area contributed by atoms with Crippen LogP contribution >= 0.6 is 10.6 Å². The first kappa shape index (κ1) is 14.4. The van der Waals surface area contributed by atoms with Crippen LogP contribution in [-0.2, 0) is 0 Å². The van der Waals surface area contributed by atoms with E-state index in [4.69, 9.17) is 5.26 Å². The summed E-state index contributed by atoms with van der Waals surface area (Å²) in [5.41, 5.74) is 0. The van der Waals surface area contributed by atoms with Crippen molar-refractivity contribution in [2.45, 2.75) is 19.0 Å². The van der Waals surface area contributed by atoms with E-state index >= 15 is 0 Å². The highest BCUT2D eigenvalue weighted by molar-refractivity contribution is 8.24. The fourth-order valence-corrected chi connectivity index (χ4v) is 2.03. The van der Waals surface area contributed by atoms with Crippen molar-refractivity contribution < 1.29 is 13.9 Å². The quantitative estimate of drug-likeness (QED) is 0.852. The normalized spacial score (nSPS) is 11.9. The van der Waals surface area contributed by atoms with Gasteiger partial charge in [0, 0.05) is 13.1 Å². The van der Waals surface area contributed by atoms with E-state index in [1.54, 1.807) is 6.07 Å². The van der Waals surface area contributed by atoms with Gasteiger partial charge in [-0.1, -0.05) is 0 Å². The maximum atomic E-state index is 11.9. The second kappa shape index (κ2) is 5.81. The number of hydrogen-bond donors (Lipinski definition) is 2. The number of carbonyl (C=O) groups is 1. The first-order valence-electron chi connectivity index (χ1n) is 5.30. The van der Waals surface area contributed by atoms with Crippen molar-refractivity contribution in [1.29, 1.82) is 5.26 Å². The van der Waals surface area contributed by atoms with E-state index in [1.807, 2.05) is 13.8 Å². The first-order chi connectivity index (χ1) is 8.46. The molecule has 0 aliphatic rings. The Kier molecular flexibility index (Phi) is 4.66. The van der Waals surface area contributed by atoms with Crippen LogP contribution in [-0.4, -0.2) is 53.6 Å². The van der Waals surface area contributed by atoms with Gasteiger partial charge in [-0.2, -0.15) is 9.94 Å². The molecule has 0 saturated heterocycles. The Bertz CT molecular complexity index is 463. The Balaban J connectivity index is 2.93. The van der Waals surface area contributed by atoms with Crippen molar-refractivity contribution in [2.75, 3.05) is 18.8 Å². The maximum absolute atomic E-state index is 11.9. The first-order valence-corrected chi connectivity index (χ1v) is 7.01. The highest BCUT2D eigenvalue weighted by Crippen LogP contribution is 2.44. The number of nitrogens with zero attached hydrogens (tertiary/aromatic N) is 5. The van der Waals surface area contributed by atoms with Gasteiger partial charge in [0.2, 0.25) is 0 Å². The van der Waals surface area contributed by atoms with Crippen molar-refractivity contribution in [3.8, 4) is 6.07 Å². The van der Waals surface area contributed by atoms with Gasteiger partial charge >= 0.3 is 6.03 Å². The molecule has 0 fully saturated rings. The van der Waals surface area contributed by atoms with Crippen LogP contribution < -0.4 is 0 Å². The lowest BCUT2D eigenvalue weighted by molar-refractivity contribution is 0.201. The summed E-state index contributed by atoms with van der Waals surface area (Å²) in [6, 6.07) is 1.25. The van der Waals surface area contributed by atoms with Crippen LogP contribution in [0.3, 0.4) is 0 Å². The minimum absolute atomic E-state index is 0.287. The van der Waals surface area contributed by atoms with Crippen LogP contribution in [0.5, 0.6) is 0 Å². The minimum atomic E-state index is -3.34. The fourth-order valence-electron chi connectivity index (χ4n) is 1.28. The fraction of sp³-hybridized carbons (Fsp3) is 0.556. The number of rotatable bonds is 4. The molecule has 18 heavy (non-hydrogen) atoms. The van der Waals surface area contributed by atoms with Gasteiger partial charge in [-0.05, 0) is 13.8 Å². The van der Waals surface area contributed by atoms with Crippen LogP contribution in [0.2, 0.25) is 0 Å². The summed E-state index contributed by atoms with van der Waals surface area (Å²) in [4.78, 5) is 17.0. The van der Waals surface area contributed by atoms with Crippen molar-refractivity contribution in [2.24, 2.45) is 0 Å². The average Bonchev–Trinajstić information content (AvgIpc) is 2.80. The summed E-state index contributed by atoms with van der Waals surface area (Å²) in [6.07, 6.45) is 1.11. The second-order valence-electron chi connectivity index (χ2n) is 3.40. The van der Waals surface area contributed by atoms with E-state index in [-0.39, 0.29) is 5.16 Å². The van der Waals surface area contributed by atoms with E-state index in [1.165, 1.54) is 4.90 Å².